The molecule has 3 heterocycles. The second kappa shape index (κ2) is 7.16. The lowest BCUT2D eigenvalue weighted by atomic mass is 9.97. The van der Waals surface area contributed by atoms with E-state index in [0.717, 1.165) is 39.0 Å². The highest BCUT2D eigenvalue weighted by molar-refractivity contribution is 6.03. The van der Waals surface area contributed by atoms with Crippen LogP contribution in [0.3, 0.4) is 0 Å². The quantitative estimate of drug-likeness (QED) is 0.474. The SMILES string of the molecule is CC(C)c1c(-c2cc(C(=O)O)ccn2)c2cc3c(cc2n1-c1ccc(F)cc1)C=NC3. The third-order valence-corrected chi connectivity index (χ3v) is 5.65. The molecule has 0 saturated carbocycles. The monoisotopic (exact) mass is 413 g/mol. The summed E-state index contributed by atoms with van der Waals surface area (Å²) >= 11 is 0. The summed E-state index contributed by atoms with van der Waals surface area (Å²) < 4.78 is 15.8. The maximum absolute atomic E-state index is 13.7. The maximum atomic E-state index is 13.7. The number of fused-ring (bicyclic) bond motifs is 2. The predicted molar refractivity (Wildman–Crippen MR) is 119 cm³/mol. The molecule has 1 aliphatic rings. The van der Waals surface area contributed by atoms with Crippen LogP contribution in [-0.2, 0) is 6.54 Å². The van der Waals surface area contributed by atoms with Crippen LogP contribution < -0.4 is 0 Å². The molecule has 0 bridgehead atoms. The van der Waals surface area contributed by atoms with Crippen LogP contribution in [0, 0.1) is 5.82 Å². The Balaban J connectivity index is 1.91. The van der Waals surface area contributed by atoms with Gasteiger partial charge in [-0.1, -0.05) is 13.8 Å². The van der Waals surface area contributed by atoms with Crippen LogP contribution in [0.5, 0.6) is 0 Å². The number of pyridine rings is 1. The molecule has 5 nitrogen and oxygen atoms in total. The number of halogens is 1. The smallest absolute Gasteiger partial charge is 0.335 e. The van der Waals surface area contributed by atoms with Crippen molar-refractivity contribution >= 4 is 23.1 Å². The van der Waals surface area contributed by atoms with Crippen molar-refractivity contribution < 1.29 is 14.3 Å². The molecule has 154 valence electrons. The van der Waals surface area contributed by atoms with Gasteiger partial charge in [0.2, 0.25) is 0 Å². The Morgan fingerprint density at radius 1 is 1.13 bits per heavy atom. The van der Waals surface area contributed by atoms with E-state index in [4.69, 9.17) is 0 Å². The normalized spacial score (nSPS) is 12.6. The van der Waals surface area contributed by atoms with Crippen molar-refractivity contribution in [1.82, 2.24) is 9.55 Å². The summed E-state index contributed by atoms with van der Waals surface area (Å²) in [6, 6.07) is 13.7. The second-order valence-electron chi connectivity index (χ2n) is 8.00. The molecule has 1 aliphatic heterocycles. The first-order chi connectivity index (χ1) is 14.9. The van der Waals surface area contributed by atoms with Gasteiger partial charge in [0.05, 0.1) is 23.3 Å². The maximum Gasteiger partial charge on any atom is 0.335 e. The highest BCUT2D eigenvalue weighted by Gasteiger charge is 2.25. The Labute approximate surface area is 178 Å². The minimum absolute atomic E-state index is 0.103. The van der Waals surface area contributed by atoms with Crippen LogP contribution in [0.1, 0.15) is 46.9 Å². The molecule has 0 unspecified atom stereocenters. The fourth-order valence-corrected chi connectivity index (χ4v) is 4.30. The Kier molecular flexibility index (Phi) is 4.43. The first kappa shape index (κ1) is 19.2. The summed E-state index contributed by atoms with van der Waals surface area (Å²) in [6.45, 7) is 4.80. The van der Waals surface area contributed by atoms with Gasteiger partial charge in [0.1, 0.15) is 5.82 Å². The summed E-state index contributed by atoms with van der Waals surface area (Å²) in [7, 11) is 0. The fourth-order valence-electron chi connectivity index (χ4n) is 4.30. The number of aromatic carboxylic acids is 1. The van der Waals surface area contributed by atoms with Crippen LogP contribution in [0.15, 0.2) is 59.7 Å². The molecular weight excluding hydrogens is 393 g/mol. The Bertz CT molecular complexity index is 1370. The lowest BCUT2D eigenvalue weighted by molar-refractivity contribution is 0.0697. The number of aromatic nitrogens is 2. The summed E-state index contributed by atoms with van der Waals surface area (Å²) in [5.41, 5.74) is 6.66. The Hall–Kier alpha value is -3.80. The predicted octanol–water partition coefficient (Wildman–Crippen LogP) is 5.59. The highest BCUT2D eigenvalue weighted by atomic mass is 19.1. The van der Waals surface area contributed by atoms with Gasteiger partial charge < -0.3 is 9.67 Å². The number of rotatable bonds is 4. The van der Waals surface area contributed by atoms with Gasteiger partial charge in [0.15, 0.2) is 0 Å². The molecule has 0 radical (unpaired) electrons. The summed E-state index contributed by atoms with van der Waals surface area (Å²) in [5.74, 6) is -1.19. The van der Waals surface area contributed by atoms with Crippen molar-refractivity contribution in [2.75, 3.05) is 0 Å². The van der Waals surface area contributed by atoms with E-state index in [1.165, 1.54) is 24.4 Å². The van der Waals surface area contributed by atoms with E-state index in [-0.39, 0.29) is 17.3 Å². The molecule has 0 saturated heterocycles. The summed E-state index contributed by atoms with van der Waals surface area (Å²) in [4.78, 5) is 20.5. The zero-order chi connectivity index (χ0) is 21.7. The number of hydrogen-bond donors (Lipinski definition) is 1. The molecule has 31 heavy (non-hydrogen) atoms. The van der Waals surface area contributed by atoms with Crippen molar-refractivity contribution in [3.05, 3.63) is 82.9 Å². The number of carboxylic acid groups (broad SMARTS) is 1. The molecule has 2 aromatic carbocycles. The van der Waals surface area contributed by atoms with Crippen LogP contribution in [-0.4, -0.2) is 26.8 Å². The first-order valence-electron chi connectivity index (χ1n) is 10.1. The number of nitrogens with zero attached hydrogens (tertiary/aromatic N) is 3. The van der Waals surface area contributed by atoms with Gasteiger partial charge in [-0.05, 0) is 65.6 Å². The van der Waals surface area contributed by atoms with Gasteiger partial charge in [0, 0.05) is 34.7 Å². The summed E-state index contributed by atoms with van der Waals surface area (Å²) in [5, 5.41) is 10.5. The lowest BCUT2D eigenvalue weighted by Crippen LogP contribution is -2.04. The van der Waals surface area contributed by atoms with Crippen molar-refractivity contribution in [1.29, 1.82) is 0 Å². The second-order valence-corrected chi connectivity index (χ2v) is 8.00. The van der Waals surface area contributed by atoms with E-state index in [1.54, 1.807) is 18.2 Å². The van der Waals surface area contributed by atoms with Gasteiger partial charge in [-0.2, -0.15) is 0 Å². The van der Waals surface area contributed by atoms with Crippen molar-refractivity contribution in [2.45, 2.75) is 26.3 Å². The van der Waals surface area contributed by atoms with Crippen molar-refractivity contribution in [3.8, 4) is 16.9 Å². The van der Waals surface area contributed by atoms with Crippen LogP contribution in [0.2, 0.25) is 0 Å². The highest BCUT2D eigenvalue weighted by Crippen LogP contribution is 2.41. The molecule has 0 spiro atoms. The number of carboxylic acids is 1. The van der Waals surface area contributed by atoms with Gasteiger partial charge in [-0.15, -0.1) is 0 Å². The lowest BCUT2D eigenvalue weighted by Gasteiger charge is -2.15. The number of aliphatic imine (C=N–C) groups is 1. The largest absolute Gasteiger partial charge is 0.478 e. The Morgan fingerprint density at radius 3 is 2.61 bits per heavy atom. The number of hydrogen-bond acceptors (Lipinski definition) is 3. The molecule has 0 atom stereocenters. The average Bonchev–Trinajstić information content (AvgIpc) is 3.34. The zero-order valence-electron chi connectivity index (χ0n) is 17.1. The molecule has 5 rings (SSSR count). The molecule has 0 amide bonds. The van der Waals surface area contributed by atoms with Gasteiger partial charge in [0.25, 0.3) is 0 Å². The number of benzene rings is 2. The van der Waals surface area contributed by atoms with Gasteiger partial charge in [-0.25, -0.2) is 9.18 Å². The first-order valence-corrected chi connectivity index (χ1v) is 10.1. The topological polar surface area (TPSA) is 67.5 Å². The van der Waals surface area contributed by atoms with Gasteiger partial charge in [-0.3, -0.25) is 9.98 Å². The molecule has 0 fully saturated rings. The van der Waals surface area contributed by atoms with Crippen LogP contribution in [0.25, 0.3) is 27.8 Å². The van der Waals surface area contributed by atoms with Crippen LogP contribution in [0.4, 0.5) is 4.39 Å². The van der Waals surface area contributed by atoms with Crippen molar-refractivity contribution in [2.24, 2.45) is 4.99 Å². The van der Waals surface area contributed by atoms with E-state index < -0.39 is 5.97 Å². The minimum Gasteiger partial charge on any atom is -0.478 e. The third-order valence-electron chi connectivity index (χ3n) is 5.65. The molecular formula is C25H20FN3O2. The standard InChI is InChI=1S/C25H20FN3O2/c1-14(2)24-23(21-10-15(25(30)31)7-8-28-21)20-9-16-12-27-13-17(16)11-22(20)29(24)19-5-3-18(26)4-6-19/h3-11,13-14H,12H2,1-2H3,(H,30,31). The van der Waals surface area contributed by atoms with Crippen LogP contribution >= 0.6 is 0 Å². The minimum atomic E-state index is -0.994. The number of carbonyl (C=O) groups is 1. The van der Waals surface area contributed by atoms with E-state index in [2.05, 4.69) is 40.5 Å². The molecule has 1 N–H and O–H groups in total. The zero-order valence-corrected chi connectivity index (χ0v) is 17.1. The van der Waals surface area contributed by atoms with E-state index in [0.29, 0.717) is 12.2 Å². The van der Waals surface area contributed by atoms with E-state index in [9.17, 15) is 14.3 Å². The Morgan fingerprint density at radius 2 is 1.90 bits per heavy atom. The van der Waals surface area contributed by atoms with E-state index in [1.807, 2.05) is 6.21 Å². The average molecular weight is 413 g/mol. The summed E-state index contributed by atoms with van der Waals surface area (Å²) in [6.07, 6.45) is 3.40. The molecule has 2 aromatic heterocycles. The fraction of sp³-hybridized carbons (Fsp3) is 0.160. The molecule has 4 aromatic rings. The third kappa shape index (κ3) is 3.11. The van der Waals surface area contributed by atoms with Crippen molar-refractivity contribution in [3.63, 3.8) is 0 Å². The van der Waals surface area contributed by atoms with Gasteiger partial charge >= 0.3 is 5.97 Å². The van der Waals surface area contributed by atoms with E-state index >= 15 is 0 Å². The molecule has 6 heteroatoms. The molecule has 0 aliphatic carbocycles.